The van der Waals surface area contributed by atoms with Crippen LogP contribution in [0.15, 0.2) is 46.1 Å². The fraction of sp³-hybridized carbons (Fsp3) is 0.476. The van der Waals surface area contributed by atoms with Crippen molar-refractivity contribution in [3.05, 3.63) is 47.9 Å². The molecule has 8 nitrogen and oxygen atoms in total. The molecule has 0 saturated carbocycles. The average molecular weight is 526 g/mol. The van der Waals surface area contributed by atoms with Crippen molar-refractivity contribution in [1.29, 1.82) is 0 Å². The van der Waals surface area contributed by atoms with Crippen LogP contribution in [0.5, 0.6) is 0 Å². The molecule has 0 bridgehead atoms. The van der Waals surface area contributed by atoms with Crippen molar-refractivity contribution in [3.63, 3.8) is 0 Å². The molecule has 2 aromatic rings. The number of hydrogen-bond donors (Lipinski definition) is 2. The molecule has 1 fully saturated rings. The van der Waals surface area contributed by atoms with E-state index in [9.17, 15) is 4.79 Å². The molecule has 1 saturated heterocycles. The number of carbonyl (C=O) groups excluding carboxylic acids is 1. The van der Waals surface area contributed by atoms with E-state index < -0.39 is 0 Å². The van der Waals surface area contributed by atoms with Gasteiger partial charge in [0.25, 0.3) is 0 Å². The second-order valence-electron chi connectivity index (χ2n) is 7.50. The van der Waals surface area contributed by atoms with E-state index in [1.165, 1.54) is 0 Å². The first kappa shape index (κ1) is 24.1. The van der Waals surface area contributed by atoms with Crippen LogP contribution < -0.4 is 10.6 Å². The fourth-order valence-corrected chi connectivity index (χ4v) is 3.17. The first-order chi connectivity index (χ1) is 14.0. The number of aromatic nitrogens is 1. The second-order valence-corrected chi connectivity index (χ2v) is 7.50. The minimum absolute atomic E-state index is 0. The van der Waals surface area contributed by atoms with Gasteiger partial charge in [-0.25, -0.2) is 0 Å². The van der Waals surface area contributed by atoms with Gasteiger partial charge in [0.05, 0.1) is 5.69 Å². The maximum Gasteiger partial charge on any atom is 0.226 e. The zero-order valence-corrected chi connectivity index (χ0v) is 20.1. The van der Waals surface area contributed by atoms with Gasteiger partial charge in [-0.2, -0.15) is 0 Å². The molecular weight excluding hydrogens is 495 g/mol. The van der Waals surface area contributed by atoms with E-state index in [-0.39, 0.29) is 35.8 Å². The van der Waals surface area contributed by atoms with Gasteiger partial charge >= 0.3 is 0 Å². The Kier molecular flexibility index (Phi) is 9.57. The Balaban J connectivity index is 0.00000320. The number of piperazine rings is 1. The molecule has 9 heteroatoms. The van der Waals surface area contributed by atoms with Crippen molar-refractivity contribution >= 4 is 41.5 Å². The van der Waals surface area contributed by atoms with Gasteiger partial charge in [0.1, 0.15) is 6.26 Å². The smallest absolute Gasteiger partial charge is 0.226 e. The van der Waals surface area contributed by atoms with Crippen LogP contribution in [0.2, 0.25) is 0 Å². The van der Waals surface area contributed by atoms with Gasteiger partial charge < -0.3 is 20.1 Å². The maximum absolute atomic E-state index is 11.8. The van der Waals surface area contributed by atoms with Crippen molar-refractivity contribution in [3.8, 4) is 0 Å². The van der Waals surface area contributed by atoms with Gasteiger partial charge in [-0.05, 0) is 17.7 Å². The standard InChI is InChI=1S/C21H30N6O2.HI/c1-16(2)20(28)24-18-6-4-17(5-7-18)14-23-21(22-3)27-11-9-26(10-12-27)15-19-8-13-29-25-19;/h4-8,13,16H,9-12,14-15H2,1-3H3,(H,22,23)(H,24,28);1H. The minimum Gasteiger partial charge on any atom is -0.364 e. The fourth-order valence-electron chi connectivity index (χ4n) is 3.17. The Morgan fingerprint density at radius 2 is 1.87 bits per heavy atom. The van der Waals surface area contributed by atoms with Crippen LogP contribution >= 0.6 is 24.0 Å². The number of carbonyl (C=O) groups is 1. The number of rotatable bonds is 6. The average Bonchev–Trinajstić information content (AvgIpc) is 3.23. The van der Waals surface area contributed by atoms with E-state index in [2.05, 4.69) is 30.6 Å². The highest BCUT2D eigenvalue weighted by Gasteiger charge is 2.20. The number of hydrogen-bond acceptors (Lipinski definition) is 5. The molecule has 1 aromatic heterocycles. The lowest BCUT2D eigenvalue weighted by atomic mass is 10.1. The van der Waals surface area contributed by atoms with E-state index in [1.54, 1.807) is 6.26 Å². The van der Waals surface area contributed by atoms with Crippen molar-refractivity contribution in [2.45, 2.75) is 26.9 Å². The summed E-state index contributed by atoms with van der Waals surface area (Å²) in [6.07, 6.45) is 1.61. The Hall–Kier alpha value is -2.14. The first-order valence-electron chi connectivity index (χ1n) is 10.0. The molecule has 0 atom stereocenters. The molecular formula is C21H31IN6O2. The van der Waals surface area contributed by atoms with E-state index in [4.69, 9.17) is 4.52 Å². The zero-order chi connectivity index (χ0) is 20.6. The largest absolute Gasteiger partial charge is 0.364 e. The molecule has 0 unspecified atom stereocenters. The third-order valence-electron chi connectivity index (χ3n) is 4.96. The van der Waals surface area contributed by atoms with E-state index in [1.807, 2.05) is 51.2 Å². The summed E-state index contributed by atoms with van der Waals surface area (Å²) in [5, 5.41) is 10.3. The molecule has 0 spiro atoms. The predicted molar refractivity (Wildman–Crippen MR) is 129 cm³/mol. The molecule has 1 aliphatic heterocycles. The lowest BCUT2D eigenvalue weighted by Crippen LogP contribution is -2.52. The van der Waals surface area contributed by atoms with Crippen LogP contribution in [0.3, 0.4) is 0 Å². The highest BCUT2D eigenvalue weighted by Crippen LogP contribution is 2.12. The van der Waals surface area contributed by atoms with Crippen LogP contribution in [0.4, 0.5) is 5.69 Å². The first-order valence-corrected chi connectivity index (χ1v) is 10.0. The summed E-state index contributed by atoms with van der Waals surface area (Å²) in [4.78, 5) is 20.9. The summed E-state index contributed by atoms with van der Waals surface area (Å²) in [5.41, 5.74) is 2.92. The minimum atomic E-state index is -0.0314. The number of nitrogens with zero attached hydrogens (tertiary/aromatic N) is 4. The molecule has 30 heavy (non-hydrogen) atoms. The molecule has 3 rings (SSSR count). The van der Waals surface area contributed by atoms with Crippen LogP contribution in [0, 0.1) is 5.92 Å². The molecule has 0 radical (unpaired) electrons. The third-order valence-corrected chi connectivity index (χ3v) is 4.96. The third kappa shape index (κ3) is 6.98. The normalized spacial score (nSPS) is 15.1. The second kappa shape index (κ2) is 11.9. The zero-order valence-electron chi connectivity index (χ0n) is 17.8. The van der Waals surface area contributed by atoms with Gasteiger partial charge in [-0.1, -0.05) is 31.1 Å². The summed E-state index contributed by atoms with van der Waals surface area (Å²) in [7, 11) is 1.81. The Bertz CT molecular complexity index is 799. The Morgan fingerprint density at radius 3 is 2.43 bits per heavy atom. The maximum atomic E-state index is 11.8. The van der Waals surface area contributed by atoms with Gasteiger partial charge in [0.2, 0.25) is 5.91 Å². The van der Waals surface area contributed by atoms with E-state index in [0.717, 1.165) is 55.6 Å². The van der Waals surface area contributed by atoms with Crippen LogP contribution in [-0.2, 0) is 17.9 Å². The number of anilines is 1. The molecule has 164 valence electrons. The van der Waals surface area contributed by atoms with Crippen LogP contribution in [-0.4, -0.2) is 60.0 Å². The molecule has 2 heterocycles. The van der Waals surface area contributed by atoms with Gasteiger partial charge in [0.15, 0.2) is 5.96 Å². The lowest BCUT2D eigenvalue weighted by Gasteiger charge is -2.36. The number of aliphatic imine (C=N–C) groups is 1. The van der Waals surface area contributed by atoms with Gasteiger partial charge in [-0.15, -0.1) is 24.0 Å². The van der Waals surface area contributed by atoms with Gasteiger partial charge in [-0.3, -0.25) is 14.7 Å². The van der Waals surface area contributed by atoms with Crippen molar-refractivity contribution in [2.75, 3.05) is 38.5 Å². The topological polar surface area (TPSA) is 86.0 Å². The van der Waals surface area contributed by atoms with Crippen LogP contribution in [0.25, 0.3) is 0 Å². The van der Waals surface area contributed by atoms with Crippen molar-refractivity contribution < 1.29 is 9.32 Å². The molecule has 1 aliphatic rings. The number of guanidine groups is 1. The van der Waals surface area contributed by atoms with Crippen LogP contribution in [0.1, 0.15) is 25.1 Å². The quantitative estimate of drug-likeness (QED) is 0.342. The van der Waals surface area contributed by atoms with Crippen molar-refractivity contribution in [1.82, 2.24) is 20.3 Å². The highest BCUT2D eigenvalue weighted by molar-refractivity contribution is 14.0. The monoisotopic (exact) mass is 526 g/mol. The number of benzene rings is 1. The lowest BCUT2D eigenvalue weighted by molar-refractivity contribution is -0.118. The number of nitrogens with one attached hydrogen (secondary N) is 2. The Morgan fingerprint density at radius 1 is 1.17 bits per heavy atom. The van der Waals surface area contributed by atoms with Crippen molar-refractivity contribution in [2.24, 2.45) is 10.9 Å². The summed E-state index contributed by atoms with van der Waals surface area (Å²) < 4.78 is 4.91. The molecule has 2 N–H and O–H groups in total. The SMILES string of the molecule is CN=C(NCc1ccc(NC(=O)C(C)C)cc1)N1CCN(Cc2ccon2)CC1.I. The predicted octanol–water partition coefficient (Wildman–Crippen LogP) is 2.78. The summed E-state index contributed by atoms with van der Waals surface area (Å²) in [6.45, 7) is 9.01. The highest BCUT2D eigenvalue weighted by atomic mass is 127. The summed E-state index contributed by atoms with van der Waals surface area (Å²) >= 11 is 0. The molecule has 0 aliphatic carbocycles. The number of halogens is 1. The van der Waals surface area contributed by atoms with E-state index in [0.29, 0.717) is 6.54 Å². The summed E-state index contributed by atoms with van der Waals surface area (Å²) in [5.74, 6) is 0.901. The Labute approximate surface area is 195 Å². The molecule has 1 amide bonds. The summed E-state index contributed by atoms with van der Waals surface area (Å²) in [6, 6.07) is 9.82. The van der Waals surface area contributed by atoms with E-state index >= 15 is 0 Å². The molecule has 1 aromatic carbocycles. The number of amides is 1. The van der Waals surface area contributed by atoms with Gasteiger partial charge in [0, 0.05) is 64.0 Å².